The molecule has 0 atom stereocenters. The molecule has 24 heavy (non-hydrogen) atoms. The maximum atomic E-state index is 12.3. The Morgan fingerprint density at radius 3 is 2.46 bits per heavy atom. The zero-order valence-corrected chi connectivity index (χ0v) is 14.8. The fourth-order valence-electron chi connectivity index (χ4n) is 2.17. The Bertz CT molecular complexity index is 573. The van der Waals surface area contributed by atoms with Crippen LogP contribution in [0, 0.1) is 0 Å². The third kappa shape index (κ3) is 6.82. The fourth-order valence-corrected chi connectivity index (χ4v) is 2.17. The Hall–Kier alpha value is -2.36. The van der Waals surface area contributed by atoms with Gasteiger partial charge in [0.2, 0.25) is 5.91 Å². The average Bonchev–Trinajstić information content (AvgIpc) is 2.57. The van der Waals surface area contributed by atoms with Gasteiger partial charge >= 0.3 is 5.97 Å². The summed E-state index contributed by atoms with van der Waals surface area (Å²) in [6, 6.07) is 8.12. The number of hydrogen-bond donors (Lipinski definition) is 0. The lowest BCUT2D eigenvalue weighted by Gasteiger charge is -2.18. The normalized spacial score (nSPS) is 10.8. The van der Waals surface area contributed by atoms with Gasteiger partial charge in [-0.3, -0.25) is 9.59 Å². The maximum Gasteiger partial charge on any atom is 0.307 e. The van der Waals surface area contributed by atoms with Crippen LogP contribution in [-0.4, -0.2) is 36.5 Å². The molecule has 0 saturated heterocycles. The highest BCUT2D eigenvalue weighted by Gasteiger charge is 2.11. The summed E-state index contributed by atoms with van der Waals surface area (Å²) < 4.78 is 4.89. The molecule has 0 fully saturated rings. The standard InChI is InChI=1S/C20H27NO3/c1-5-14-21(15-13-20(23)24-6-2)19(22)12-9-17-7-10-18(11-8-17)16(3)4/h5,7-12,16H,1,6,13-15H2,2-4H3/b12-9+. The molecular formula is C20H27NO3. The van der Waals surface area contributed by atoms with E-state index < -0.39 is 0 Å². The molecule has 0 N–H and O–H groups in total. The van der Waals surface area contributed by atoms with E-state index >= 15 is 0 Å². The Morgan fingerprint density at radius 1 is 1.25 bits per heavy atom. The number of hydrogen-bond acceptors (Lipinski definition) is 3. The van der Waals surface area contributed by atoms with E-state index in [9.17, 15) is 9.59 Å². The smallest absolute Gasteiger partial charge is 0.307 e. The van der Waals surface area contributed by atoms with Crippen LogP contribution in [0.25, 0.3) is 6.08 Å². The van der Waals surface area contributed by atoms with Gasteiger partial charge in [-0.25, -0.2) is 0 Å². The van der Waals surface area contributed by atoms with Crippen LogP contribution in [0.1, 0.15) is 44.2 Å². The number of rotatable bonds is 9. The van der Waals surface area contributed by atoms with Crippen LogP contribution in [0.2, 0.25) is 0 Å². The molecule has 0 unspecified atom stereocenters. The van der Waals surface area contributed by atoms with Gasteiger partial charge in [-0.15, -0.1) is 6.58 Å². The lowest BCUT2D eigenvalue weighted by Crippen LogP contribution is -2.32. The Balaban J connectivity index is 2.66. The molecule has 0 aromatic heterocycles. The second kappa shape index (κ2) is 10.4. The van der Waals surface area contributed by atoms with Crippen LogP contribution in [0.4, 0.5) is 0 Å². The first-order valence-corrected chi connectivity index (χ1v) is 8.31. The van der Waals surface area contributed by atoms with E-state index in [0.29, 0.717) is 25.6 Å². The van der Waals surface area contributed by atoms with Gasteiger partial charge in [0.15, 0.2) is 0 Å². The highest BCUT2D eigenvalue weighted by atomic mass is 16.5. The van der Waals surface area contributed by atoms with E-state index in [4.69, 9.17) is 4.74 Å². The second-order valence-corrected chi connectivity index (χ2v) is 5.78. The molecule has 0 spiro atoms. The SMILES string of the molecule is C=CCN(CCC(=O)OCC)C(=O)/C=C/c1ccc(C(C)C)cc1. The van der Waals surface area contributed by atoms with Crippen molar-refractivity contribution in [3.63, 3.8) is 0 Å². The summed E-state index contributed by atoms with van der Waals surface area (Å²) in [5.74, 6) is 0.0374. The zero-order chi connectivity index (χ0) is 17.9. The topological polar surface area (TPSA) is 46.6 Å². The first-order valence-electron chi connectivity index (χ1n) is 8.31. The molecule has 0 heterocycles. The highest BCUT2D eigenvalue weighted by Crippen LogP contribution is 2.15. The number of esters is 1. The van der Waals surface area contributed by atoms with Crippen LogP contribution < -0.4 is 0 Å². The molecule has 130 valence electrons. The van der Waals surface area contributed by atoms with Crippen molar-refractivity contribution in [2.24, 2.45) is 0 Å². The highest BCUT2D eigenvalue weighted by molar-refractivity contribution is 5.92. The van der Waals surface area contributed by atoms with Crippen LogP contribution in [0.5, 0.6) is 0 Å². The Morgan fingerprint density at radius 2 is 1.92 bits per heavy atom. The molecule has 4 nitrogen and oxygen atoms in total. The van der Waals surface area contributed by atoms with Crippen LogP contribution in [0.3, 0.4) is 0 Å². The summed E-state index contributed by atoms with van der Waals surface area (Å²) in [5, 5.41) is 0. The minimum absolute atomic E-state index is 0.146. The lowest BCUT2D eigenvalue weighted by atomic mass is 10.0. The first kappa shape index (κ1) is 19.7. The predicted molar refractivity (Wildman–Crippen MR) is 97.6 cm³/mol. The fraction of sp³-hybridized carbons (Fsp3) is 0.400. The molecule has 0 saturated carbocycles. The summed E-state index contributed by atoms with van der Waals surface area (Å²) in [4.78, 5) is 25.3. The molecule has 4 heteroatoms. The Labute approximate surface area is 144 Å². The molecule has 1 amide bonds. The maximum absolute atomic E-state index is 12.3. The van der Waals surface area contributed by atoms with Gasteiger partial charge in [0.1, 0.15) is 0 Å². The third-order valence-electron chi connectivity index (χ3n) is 3.57. The van der Waals surface area contributed by atoms with Gasteiger partial charge in [0.25, 0.3) is 0 Å². The first-order chi connectivity index (χ1) is 11.5. The Kier molecular flexibility index (Phi) is 8.55. The molecule has 0 aliphatic rings. The van der Waals surface area contributed by atoms with E-state index in [2.05, 4.69) is 32.6 Å². The van der Waals surface area contributed by atoms with Crippen LogP contribution in [-0.2, 0) is 14.3 Å². The predicted octanol–water partition coefficient (Wildman–Crippen LogP) is 3.79. The number of carbonyl (C=O) groups is 2. The van der Waals surface area contributed by atoms with Gasteiger partial charge < -0.3 is 9.64 Å². The number of ether oxygens (including phenoxy) is 1. The van der Waals surface area contributed by atoms with Gasteiger partial charge in [0, 0.05) is 19.2 Å². The minimum atomic E-state index is -0.299. The van der Waals surface area contributed by atoms with E-state index in [0.717, 1.165) is 5.56 Å². The summed E-state index contributed by atoms with van der Waals surface area (Å²) in [6.07, 6.45) is 5.14. The summed E-state index contributed by atoms with van der Waals surface area (Å²) in [6.45, 7) is 10.8. The van der Waals surface area contributed by atoms with Crippen molar-refractivity contribution in [3.05, 3.63) is 54.1 Å². The summed E-state index contributed by atoms with van der Waals surface area (Å²) in [7, 11) is 0. The van der Waals surface area contributed by atoms with Crippen molar-refractivity contribution in [1.29, 1.82) is 0 Å². The van der Waals surface area contributed by atoms with Crippen molar-refractivity contribution in [3.8, 4) is 0 Å². The molecule has 1 aromatic rings. The largest absolute Gasteiger partial charge is 0.466 e. The number of nitrogens with zero attached hydrogens (tertiary/aromatic N) is 1. The molecule has 0 aliphatic carbocycles. The van der Waals surface area contributed by atoms with Crippen LogP contribution >= 0.6 is 0 Å². The number of amides is 1. The number of carbonyl (C=O) groups excluding carboxylic acids is 2. The van der Waals surface area contributed by atoms with Gasteiger partial charge in [-0.2, -0.15) is 0 Å². The molecule has 0 bridgehead atoms. The van der Waals surface area contributed by atoms with Crippen LogP contribution in [0.15, 0.2) is 43.0 Å². The average molecular weight is 329 g/mol. The van der Waals surface area contributed by atoms with Crippen molar-refractivity contribution in [2.75, 3.05) is 19.7 Å². The van der Waals surface area contributed by atoms with E-state index in [1.54, 1.807) is 24.0 Å². The lowest BCUT2D eigenvalue weighted by molar-refractivity contribution is -0.143. The third-order valence-corrected chi connectivity index (χ3v) is 3.57. The van der Waals surface area contributed by atoms with Gasteiger partial charge in [-0.1, -0.05) is 44.2 Å². The minimum Gasteiger partial charge on any atom is -0.466 e. The van der Waals surface area contributed by atoms with Crippen molar-refractivity contribution >= 4 is 18.0 Å². The van der Waals surface area contributed by atoms with Crippen molar-refractivity contribution in [1.82, 2.24) is 4.90 Å². The van der Waals surface area contributed by atoms with Gasteiger partial charge in [0.05, 0.1) is 13.0 Å². The molecule has 0 radical (unpaired) electrons. The van der Waals surface area contributed by atoms with Crippen molar-refractivity contribution in [2.45, 2.75) is 33.1 Å². The molecule has 0 aliphatic heterocycles. The second-order valence-electron chi connectivity index (χ2n) is 5.78. The van der Waals surface area contributed by atoms with Gasteiger partial charge in [-0.05, 0) is 30.0 Å². The van der Waals surface area contributed by atoms with E-state index in [1.165, 1.54) is 11.6 Å². The number of benzene rings is 1. The zero-order valence-electron chi connectivity index (χ0n) is 14.8. The monoisotopic (exact) mass is 329 g/mol. The summed E-state index contributed by atoms with van der Waals surface area (Å²) in [5.41, 5.74) is 2.23. The molecule has 1 aromatic carbocycles. The van der Waals surface area contributed by atoms with E-state index in [1.807, 2.05) is 12.1 Å². The quantitative estimate of drug-likeness (QED) is 0.393. The van der Waals surface area contributed by atoms with Crippen molar-refractivity contribution < 1.29 is 14.3 Å². The molecule has 1 rings (SSSR count). The molecular weight excluding hydrogens is 302 g/mol. The summed E-state index contributed by atoms with van der Waals surface area (Å²) >= 11 is 0. The van der Waals surface area contributed by atoms with E-state index in [-0.39, 0.29) is 18.3 Å².